The summed E-state index contributed by atoms with van der Waals surface area (Å²) in [5.74, 6) is -0.598. The number of nitrogens with zero attached hydrogens (tertiary/aromatic N) is 2. The van der Waals surface area contributed by atoms with Gasteiger partial charge in [0, 0.05) is 22.5 Å². The summed E-state index contributed by atoms with van der Waals surface area (Å²) in [5, 5.41) is 4.24. The molecule has 32 heavy (non-hydrogen) atoms. The molecule has 0 saturated heterocycles. The van der Waals surface area contributed by atoms with Crippen molar-refractivity contribution in [3.05, 3.63) is 113 Å². The van der Waals surface area contributed by atoms with Crippen molar-refractivity contribution in [2.45, 2.75) is 27.4 Å². The third-order valence-electron chi connectivity index (χ3n) is 5.45. The van der Waals surface area contributed by atoms with E-state index in [9.17, 15) is 8.78 Å². The molecule has 0 radical (unpaired) electrons. The topological polar surface area (TPSA) is 26.5 Å². The zero-order chi connectivity index (χ0) is 22.7. The molecule has 0 aliphatic carbocycles. The van der Waals surface area contributed by atoms with Gasteiger partial charge in [0.1, 0.15) is 18.2 Å². The molecule has 4 aromatic rings. The third-order valence-corrected chi connectivity index (χ3v) is 5.45. The molecule has 162 valence electrons. The second-order valence-electron chi connectivity index (χ2n) is 7.75. The lowest BCUT2D eigenvalue weighted by molar-refractivity contribution is 0.128. The largest absolute Gasteiger partial charge is 0.391 e. The van der Waals surface area contributed by atoms with Crippen LogP contribution in [0, 0.1) is 25.5 Å². The molecule has 0 amide bonds. The quantitative estimate of drug-likeness (QED) is 0.239. The molecule has 1 aromatic heterocycles. The van der Waals surface area contributed by atoms with Crippen LogP contribution < -0.4 is 0 Å². The summed E-state index contributed by atoms with van der Waals surface area (Å²) in [7, 11) is 0. The normalized spacial score (nSPS) is 11.6. The first kappa shape index (κ1) is 21.5. The summed E-state index contributed by atoms with van der Waals surface area (Å²) in [4.78, 5) is 5.45. The molecule has 3 nitrogen and oxygen atoms in total. The van der Waals surface area contributed by atoms with Crippen molar-refractivity contribution in [2.24, 2.45) is 5.16 Å². The van der Waals surface area contributed by atoms with Gasteiger partial charge in [-0.1, -0.05) is 41.1 Å². The smallest absolute Gasteiger partial charge is 0.145 e. The van der Waals surface area contributed by atoms with Gasteiger partial charge in [0.25, 0.3) is 0 Å². The fourth-order valence-corrected chi connectivity index (χ4v) is 3.70. The van der Waals surface area contributed by atoms with Crippen LogP contribution in [0.25, 0.3) is 16.9 Å². The molecule has 0 bridgehead atoms. The minimum atomic E-state index is -0.319. The molecule has 0 N–H and O–H groups in total. The summed E-state index contributed by atoms with van der Waals surface area (Å²) in [6, 6.07) is 23.2. The average Bonchev–Trinajstić information content (AvgIpc) is 3.13. The predicted octanol–water partition coefficient (Wildman–Crippen LogP) is 6.98. The van der Waals surface area contributed by atoms with Gasteiger partial charge in [0.2, 0.25) is 0 Å². The van der Waals surface area contributed by atoms with Gasteiger partial charge in [-0.15, -0.1) is 0 Å². The van der Waals surface area contributed by atoms with Crippen LogP contribution in [0.5, 0.6) is 0 Å². The van der Waals surface area contributed by atoms with E-state index in [1.165, 1.54) is 23.8 Å². The number of hydrogen-bond donors (Lipinski definition) is 0. The Kier molecular flexibility index (Phi) is 6.17. The van der Waals surface area contributed by atoms with Crippen LogP contribution >= 0.6 is 0 Å². The molecule has 0 fully saturated rings. The lowest BCUT2D eigenvalue weighted by Gasteiger charge is -2.13. The first-order chi connectivity index (χ1) is 15.4. The van der Waals surface area contributed by atoms with E-state index in [4.69, 9.17) is 4.84 Å². The maximum Gasteiger partial charge on any atom is 0.145 e. The molecule has 3 aromatic carbocycles. The maximum absolute atomic E-state index is 13.8. The second kappa shape index (κ2) is 9.18. The van der Waals surface area contributed by atoms with Gasteiger partial charge in [-0.2, -0.15) is 0 Å². The summed E-state index contributed by atoms with van der Waals surface area (Å²) < 4.78 is 29.5. The fraction of sp³-hybridized carbons (Fsp3) is 0.148. The van der Waals surface area contributed by atoms with Crippen molar-refractivity contribution in [1.82, 2.24) is 4.57 Å². The number of rotatable bonds is 6. The zero-order valence-corrected chi connectivity index (χ0v) is 18.3. The number of oxime groups is 1. The molecular formula is C27H24F2N2O. The highest BCUT2D eigenvalue weighted by atomic mass is 19.1. The predicted molar refractivity (Wildman–Crippen MR) is 124 cm³/mol. The van der Waals surface area contributed by atoms with Crippen LogP contribution in [0.15, 0.2) is 84.0 Å². The van der Waals surface area contributed by atoms with Crippen LogP contribution in [-0.4, -0.2) is 10.3 Å². The van der Waals surface area contributed by atoms with Crippen LogP contribution in [0.4, 0.5) is 8.78 Å². The monoisotopic (exact) mass is 430 g/mol. The molecule has 5 heteroatoms. The van der Waals surface area contributed by atoms with Crippen molar-refractivity contribution >= 4 is 5.71 Å². The molecule has 0 saturated carbocycles. The summed E-state index contributed by atoms with van der Waals surface area (Å²) in [6.45, 7) is 5.96. The van der Waals surface area contributed by atoms with Gasteiger partial charge in [-0.05, 0) is 74.9 Å². The minimum absolute atomic E-state index is 0.0482. The highest BCUT2D eigenvalue weighted by Crippen LogP contribution is 2.30. The van der Waals surface area contributed by atoms with Gasteiger partial charge >= 0.3 is 0 Å². The molecule has 0 spiro atoms. The molecule has 0 atom stereocenters. The van der Waals surface area contributed by atoms with E-state index in [2.05, 4.69) is 34.0 Å². The van der Waals surface area contributed by atoms with Gasteiger partial charge in [-0.25, -0.2) is 8.78 Å². The van der Waals surface area contributed by atoms with E-state index in [-0.39, 0.29) is 18.2 Å². The van der Waals surface area contributed by atoms with Crippen molar-refractivity contribution in [3.63, 3.8) is 0 Å². The molecular weight excluding hydrogens is 406 g/mol. The summed E-state index contributed by atoms with van der Waals surface area (Å²) in [6.07, 6.45) is 0. The first-order valence-corrected chi connectivity index (χ1v) is 10.4. The number of benzene rings is 3. The standard InChI is InChI=1S/C27H24F2N2O/c1-18-8-14-24(15-9-18)31-20(3)25(16-27(31)21-10-12-23(28)13-11-21)19(2)30-32-17-22-6-4-5-7-26(22)29/h4-16H,17H2,1-3H3/b30-19-. The Morgan fingerprint density at radius 2 is 1.59 bits per heavy atom. The van der Waals surface area contributed by atoms with Crippen molar-refractivity contribution in [3.8, 4) is 16.9 Å². The number of aromatic nitrogens is 1. The van der Waals surface area contributed by atoms with E-state index in [1.54, 1.807) is 30.3 Å². The Labute approximate surface area is 186 Å². The Morgan fingerprint density at radius 1 is 0.906 bits per heavy atom. The van der Waals surface area contributed by atoms with Gasteiger partial charge in [0.15, 0.2) is 0 Å². The third kappa shape index (κ3) is 4.47. The van der Waals surface area contributed by atoms with Crippen molar-refractivity contribution in [2.75, 3.05) is 0 Å². The van der Waals surface area contributed by atoms with E-state index < -0.39 is 0 Å². The first-order valence-electron chi connectivity index (χ1n) is 10.4. The number of aryl methyl sites for hydroxylation is 1. The second-order valence-corrected chi connectivity index (χ2v) is 7.75. The number of halogens is 2. The Balaban J connectivity index is 1.72. The molecule has 0 unspecified atom stereocenters. The minimum Gasteiger partial charge on any atom is -0.391 e. The Morgan fingerprint density at radius 3 is 2.28 bits per heavy atom. The van der Waals surface area contributed by atoms with Gasteiger partial charge < -0.3 is 9.40 Å². The maximum atomic E-state index is 13.8. The van der Waals surface area contributed by atoms with E-state index in [0.29, 0.717) is 11.3 Å². The van der Waals surface area contributed by atoms with Crippen LogP contribution in [0.3, 0.4) is 0 Å². The zero-order valence-electron chi connectivity index (χ0n) is 18.3. The van der Waals surface area contributed by atoms with Gasteiger partial charge in [0.05, 0.1) is 11.4 Å². The Hall–Kier alpha value is -3.73. The van der Waals surface area contributed by atoms with E-state index in [0.717, 1.165) is 28.2 Å². The Bertz CT molecular complexity index is 1260. The van der Waals surface area contributed by atoms with E-state index >= 15 is 0 Å². The summed E-state index contributed by atoms with van der Waals surface area (Å²) >= 11 is 0. The van der Waals surface area contributed by atoms with Crippen LogP contribution in [-0.2, 0) is 11.4 Å². The SMILES string of the molecule is C/C(=N/OCc1ccccc1F)c1cc(-c2ccc(F)cc2)n(-c2ccc(C)cc2)c1C. The molecule has 0 aliphatic heterocycles. The molecule has 0 aliphatic rings. The lowest BCUT2D eigenvalue weighted by Crippen LogP contribution is -2.03. The molecule has 4 rings (SSSR count). The fourth-order valence-electron chi connectivity index (χ4n) is 3.70. The van der Waals surface area contributed by atoms with Crippen molar-refractivity contribution < 1.29 is 13.6 Å². The van der Waals surface area contributed by atoms with Gasteiger partial charge in [-0.3, -0.25) is 0 Å². The van der Waals surface area contributed by atoms with Crippen LogP contribution in [0.2, 0.25) is 0 Å². The van der Waals surface area contributed by atoms with E-state index in [1.807, 2.05) is 26.8 Å². The lowest BCUT2D eigenvalue weighted by atomic mass is 10.1. The average molecular weight is 430 g/mol. The molecule has 1 heterocycles. The van der Waals surface area contributed by atoms with Crippen LogP contribution in [0.1, 0.15) is 29.3 Å². The highest BCUT2D eigenvalue weighted by Gasteiger charge is 2.17. The number of hydrogen-bond acceptors (Lipinski definition) is 2. The highest BCUT2D eigenvalue weighted by molar-refractivity contribution is 6.01. The summed E-state index contributed by atoms with van der Waals surface area (Å²) in [5.41, 5.74) is 6.98. The van der Waals surface area contributed by atoms with Crippen molar-refractivity contribution in [1.29, 1.82) is 0 Å².